The number of amides is 1. The first-order chi connectivity index (χ1) is 7.63. The van der Waals surface area contributed by atoms with Crippen LogP contribution in [-0.2, 0) is 11.2 Å². The molecule has 1 aromatic rings. The Labute approximate surface area is 94.8 Å². The molecule has 4 heteroatoms. The van der Waals surface area contributed by atoms with Gasteiger partial charge in [0.1, 0.15) is 5.78 Å². The second kappa shape index (κ2) is 6.02. The molecular weight excluding hydrogens is 204 g/mol. The molecule has 0 heterocycles. The number of rotatable bonds is 5. The Kier molecular flexibility index (Phi) is 4.66. The molecule has 1 amide bonds. The molecule has 0 aliphatic rings. The highest BCUT2D eigenvalue weighted by atomic mass is 16.1. The zero-order valence-corrected chi connectivity index (χ0v) is 9.32. The molecule has 3 N–H and O–H groups in total. The van der Waals surface area contributed by atoms with Crippen LogP contribution in [0.15, 0.2) is 24.3 Å². The summed E-state index contributed by atoms with van der Waals surface area (Å²) in [4.78, 5) is 22.4. The number of ketones is 1. The first kappa shape index (κ1) is 12.4. The minimum atomic E-state index is -0.139. The van der Waals surface area contributed by atoms with Crippen LogP contribution in [0.1, 0.15) is 22.8 Å². The van der Waals surface area contributed by atoms with E-state index in [0.29, 0.717) is 25.1 Å². The highest BCUT2D eigenvalue weighted by Crippen LogP contribution is 2.05. The van der Waals surface area contributed by atoms with Crippen molar-refractivity contribution in [3.63, 3.8) is 0 Å². The van der Waals surface area contributed by atoms with E-state index in [1.807, 2.05) is 0 Å². The molecule has 0 atom stereocenters. The number of nitrogens with two attached hydrogens (primary N) is 1. The Bertz CT molecular complexity index is 371. The molecular formula is C12H16N2O2. The second-order valence-corrected chi connectivity index (χ2v) is 3.62. The Morgan fingerprint density at radius 3 is 2.38 bits per heavy atom. The van der Waals surface area contributed by atoms with E-state index in [-0.39, 0.29) is 11.7 Å². The molecule has 0 aliphatic carbocycles. The van der Waals surface area contributed by atoms with Gasteiger partial charge in [-0.1, -0.05) is 12.1 Å². The number of hydrogen-bond donors (Lipinski definition) is 2. The van der Waals surface area contributed by atoms with Gasteiger partial charge in [0.05, 0.1) is 0 Å². The third-order valence-electron chi connectivity index (χ3n) is 2.10. The zero-order valence-electron chi connectivity index (χ0n) is 9.32. The Balaban J connectivity index is 2.63. The van der Waals surface area contributed by atoms with Gasteiger partial charge in [-0.2, -0.15) is 0 Å². The second-order valence-electron chi connectivity index (χ2n) is 3.62. The largest absolute Gasteiger partial charge is 0.351 e. The summed E-state index contributed by atoms with van der Waals surface area (Å²) in [5.41, 5.74) is 6.78. The summed E-state index contributed by atoms with van der Waals surface area (Å²) < 4.78 is 0. The molecule has 0 fully saturated rings. The van der Waals surface area contributed by atoms with Crippen LogP contribution in [0.5, 0.6) is 0 Å². The van der Waals surface area contributed by atoms with Crippen LogP contribution in [0.25, 0.3) is 0 Å². The molecule has 0 aromatic heterocycles. The van der Waals surface area contributed by atoms with Crippen molar-refractivity contribution in [2.45, 2.75) is 13.3 Å². The molecule has 0 unspecified atom stereocenters. The lowest BCUT2D eigenvalue weighted by molar-refractivity contribution is -0.116. The Hall–Kier alpha value is -1.68. The zero-order chi connectivity index (χ0) is 12.0. The summed E-state index contributed by atoms with van der Waals surface area (Å²) in [5, 5.41) is 2.68. The van der Waals surface area contributed by atoms with Crippen LogP contribution >= 0.6 is 0 Å². The highest BCUT2D eigenvalue weighted by molar-refractivity contribution is 5.94. The normalized spacial score (nSPS) is 9.88. The van der Waals surface area contributed by atoms with Crippen LogP contribution in [0.3, 0.4) is 0 Å². The molecule has 4 nitrogen and oxygen atoms in total. The van der Waals surface area contributed by atoms with Crippen molar-refractivity contribution in [1.29, 1.82) is 0 Å². The fourth-order valence-corrected chi connectivity index (χ4v) is 1.35. The predicted molar refractivity (Wildman–Crippen MR) is 62.2 cm³/mol. The van der Waals surface area contributed by atoms with Gasteiger partial charge in [0.25, 0.3) is 5.91 Å². The minimum Gasteiger partial charge on any atom is -0.351 e. The molecule has 0 saturated carbocycles. The minimum absolute atomic E-state index is 0.111. The van der Waals surface area contributed by atoms with E-state index < -0.39 is 0 Å². The van der Waals surface area contributed by atoms with Crippen LogP contribution in [-0.4, -0.2) is 24.8 Å². The molecule has 86 valence electrons. The molecule has 1 aromatic carbocycles. The van der Waals surface area contributed by atoms with Crippen molar-refractivity contribution in [3.05, 3.63) is 35.4 Å². The first-order valence-electron chi connectivity index (χ1n) is 5.20. The topological polar surface area (TPSA) is 72.2 Å². The van der Waals surface area contributed by atoms with E-state index in [1.54, 1.807) is 31.2 Å². The van der Waals surface area contributed by atoms with Gasteiger partial charge in [-0.3, -0.25) is 9.59 Å². The molecule has 0 spiro atoms. The quantitative estimate of drug-likeness (QED) is 0.759. The number of carbonyl (C=O) groups is 2. The van der Waals surface area contributed by atoms with E-state index in [1.165, 1.54) is 0 Å². The van der Waals surface area contributed by atoms with Gasteiger partial charge in [0, 0.05) is 25.1 Å². The smallest absolute Gasteiger partial charge is 0.251 e. The van der Waals surface area contributed by atoms with E-state index in [9.17, 15) is 9.59 Å². The van der Waals surface area contributed by atoms with E-state index in [2.05, 4.69) is 5.32 Å². The summed E-state index contributed by atoms with van der Waals surface area (Å²) >= 11 is 0. The predicted octanol–water partition coefficient (Wildman–Crippen LogP) is 0.507. The van der Waals surface area contributed by atoms with E-state index >= 15 is 0 Å². The van der Waals surface area contributed by atoms with Gasteiger partial charge in [0.2, 0.25) is 0 Å². The Morgan fingerprint density at radius 2 is 1.88 bits per heavy atom. The third kappa shape index (κ3) is 3.82. The van der Waals surface area contributed by atoms with Gasteiger partial charge in [0.15, 0.2) is 0 Å². The van der Waals surface area contributed by atoms with Crippen molar-refractivity contribution in [2.24, 2.45) is 5.73 Å². The fraction of sp³-hybridized carbons (Fsp3) is 0.333. The van der Waals surface area contributed by atoms with Gasteiger partial charge in [-0.15, -0.1) is 0 Å². The number of Topliss-reactive ketones (excluding diaryl/α,β-unsaturated/α-hetero) is 1. The van der Waals surface area contributed by atoms with Gasteiger partial charge < -0.3 is 11.1 Å². The lowest BCUT2D eigenvalue weighted by Gasteiger charge is -2.04. The molecule has 0 radical (unpaired) electrons. The number of hydrogen-bond acceptors (Lipinski definition) is 3. The SMILES string of the molecule is CC(=O)Cc1ccc(C(=O)NCCN)cc1. The van der Waals surface area contributed by atoms with Crippen LogP contribution in [0.4, 0.5) is 0 Å². The Morgan fingerprint density at radius 1 is 1.25 bits per heavy atom. The summed E-state index contributed by atoms with van der Waals surface area (Å²) in [7, 11) is 0. The van der Waals surface area contributed by atoms with Crippen molar-refractivity contribution in [2.75, 3.05) is 13.1 Å². The van der Waals surface area contributed by atoms with E-state index in [0.717, 1.165) is 5.56 Å². The van der Waals surface area contributed by atoms with E-state index in [4.69, 9.17) is 5.73 Å². The van der Waals surface area contributed by atoms with Crippen molar-refractivity contribution in [1.82, 2.24) is 5.32 Å². The van der Waals surface area contributed by atoms with Crippen LogP contribution < -0.4 is 11.1 Å². The average molecular weight is 220 g/mol. The number of benzene rings is 1. The van der Waals surface area contributed by atoms with Crippen molar-refractivity contribution in [3.8, 4) is 0 Å². The maximum atomic E-state index is 11.5. The summed E-state index contributed by atoms with van der Waals surface area (Å²) in [6.07, 6.45) is 0.407. The lowest BCUT2D eigenvalue weighted by Crippen LogP contribution is -2.28. The monoisotopic (exact) mass is 220 g/mol. The van der Waals surface area contributed by atoms with Gasteiger partial charge >= 0.3 is 0 Å². The van der Waals surface area contributed by atoms with Crippen LogP contribution in [0, 0.1) is 0 Å². The number of carbonyl (C=O) groups excluding carboxylic acids is 2. The first-order valence-corrected chi connectivity index (χ1v) is 5.20. The summed E-state index contributed by atoms with van der Waals surface area (Å²) in [5.74, 6) is -0.0276. The molecule has 1 rings (SSSR count). The molecule has 0 bridgehead atoms. The number of nitrogens with one attached hydrogen (secondary N) is 1. The summed E-state index contributed by atoms with van der Waals surface area (Å²) in [6.45, 7) is 2.43. The lowest BCUT2D eigenvalue weighted by atomic mass is 10.1. The van der Waals surface area contributed by atoms with Crippen LogP contribution in [0.2, 0.25) is 0 Å². The molecule has 0 saturated heterocycles. The van der Waals surface area contributed by atoms with Gasteiger partial charge in [-0.25, -0.2) is 0 Å². The standard InChI is InChI=1S/C12H16N2O2/c1-9(15)8-10-2-4-11(5-3-10)12(16)14-7-6-13/h2-5H,6-8,13H2,1H3,(H,14,16). The summed E-state index contributed by atoms with van der Waals surface area (Å²) in [6, 6.07) is 7.01. The van der Waals surface area contributed by atoms with Crippen molar-refractivity contribution >= 4 is 11.7 Å². The van der Waals surface area contributed by atoms with Crippen molar-refractivity contribution < 1.29 is 9.59 Å². The molecule has 16 heavy (non-hydrogen) atoms. The average Bonchev–Trinajstić information content (AvgIpc) is 2.26. The maximum Gasteiger partial charge on any atom is 0.251 e. The fourth-order valence-electron chi connectivity index (χ4n) is 1.35. The third-order valence-corrected chi connectivity index (χ3v) is 2.10. The molecule has 0 aliphatic heterocycles. The van der Waals surface area contributed by atoms with Gasteiger partial charge in [-0.05, 0) is 24.6 Å². The maximum absolute atomic E-state index is 11.5. The highest BCUT2D eigenvalue weighted by Gasteiger charge is 2.04.